The van der Waals surface area contributed by atoms with Crippen LogP contribution in [0.3, 0.4) is 0 Å². The first kappa shape index (κ1) is 10.8. The summed E-state index contributed by atoms with van der Waals surface area (Å²) in [6.45, 7) is 0. The summed E-state index contributed by atoms with van der Waals surface area (Å²) in [5, 5.41) is 12.1. The van der Waals surface area contributed by atoms with E-state index in [2.05, 4.69) is 25.5 Å². The van der Waals surface area contributed by atoms with Crippen molar-refractivity contribution < 1.29 is 0 Å². The molecule has 0 bridgehead atoms. The molecule has 6 nitrogen and oxygen atoms in total. The zero-order chi connectivity index (χ0) is 12.4. The van der Waals surface area contributed by atoms with Crippen LogP contribution in [0.5, 0.6) is 0 Å². The molecule has 0 unspecified atom stereocenters. The van der Waals surface area contributed by atoms with Gasteiger partial charge in [0.15, 0.2) is 11.6 Å². The highest BCUT2D eigenvalue weighted by molar-refractivity contribution is 6.33. The van der Waals surface area contributed by atoms with E-state index < -0.39 is 0 Å². The summed E-state index contributed by atoms with van der Waals surface area (Å²) in [6, 6.07) is 7.35. The van der Waals surface area contributed by atoms with Crippen molar-refractivity contribution in [3.8, 4) is 17.2 Å². The largest absolute Gasteiger partial charge is 0.259 e. The predicted octanol–water partition coefficient (Wildman–Crippen LogP) is 1.77. The van der Waals surface area contributed by atoms with Crippen molar-refractivity contribution in [3.05, 3.63) is 47.9 Å². The SMILES string of the molecule is Clc1ccccc1-c1nnnn1-c1cnccn1. The summed E-state index contributed by atoms with van der Waals surface area (Å²) in [6.07, 6.45) is 4.74. The molecule has 0 aliphatic carbocycles. The molecule has 0 aliphatic rings. The van der Waals surface area contributed by atoms with E-state index >= 15 is 0 Å². The second kappa shape index (κ2) is 4.50. The fourth-order valence-corrected chi connectivity index (χ4v) is 1.77. The molecule has 2 aromatic heterocycles. The molecule has 0 N–H and O–H groups in total. The summed E-state index contributed by atoms with van der Waals surface area (Å²) in [4.78, 5) is 8.14. The Hall–Kier alpha value is -2.34. The highest BCUT2D eigenvalue weighted by atomic mass is 35.5. The third-order valence-corrected chi connectivity index (χ3v) is 2.68. The standard InChI is InChI=1S/C11H7ClN6/c12-9-4-2-1-3-8(9)11-15-16-17-18(11)10-7-13-5-6-14-10/h1-7H. The van der Waals surface area contributed by atoms with Crippen molar-refractivity contribution in [2.24, 2.45) is 0 Å². The first-order valence-corrected chi connectivity index (χ1v) is 5.54. The number of rotatable bonds is 2. The van der Waals surface area contributed by atoms with Crippen molar-refractivity contribution in [2.75, 3.05) is 0 Å². The Morgan fingerprint density at radius 2 is 2.00 bits per heavy atom. The molecule has 0 spiro atoms. The smallest absolute Gasteiger partial charge is 0.190 e. The maximum atomic E-state index is 6.13. The van der Waals surface area contributed by atoms with E-state index in [1.807, 2.05) is 18.2 Å². The molecule has 0 radical (unpaired) electrons. The van der Waals surface area contributed by atoms with Crippen molar-refractivity contribution in [3.63, 3.8) is 0 Å². The molecule has 2 heterocycles. The van der Waals surface area contributed by atoms with E-state index in [1.165, 1.54) is 4.68 Å². The van der Waals surface area contributed by atoms with Crippen LogP contribution < -0.4 is 0 Å². The Bertz CT molecular complexity index is 666. The summed E-state index contributed by atoms with van der Waals surface area (Å²) in [7, 11) is 0. The first-order valence-electron chi connectivity index (χ1n) is 5.16. The van der Waals surface area contributed by atoms with Crippen LogP contribution in [-0.2, 0) is 0 Å². The Morgan fingerprint density at radius 1 is 1.11 bits per heavy atom. The van der Waals surface area contributed by atoms with E-state index in [0.29, 0.717) is 16.7 Å². The Labute approximate surface area is 107 Å². The Balaban J connectivity index is 2.16. The molecule has 0 atom stereocenters. The number of aromatic nitrogens is 6. The lowest BCUT2D eigenvalue weighted by molar-refractivity contribution is 0.769. The third-order valence-electron chi connectivity index (χ3n) is 2.35. The van der Waals surface area contributed by atoms with Crippen molar-refractivity contribution in [1.29, 1.82) is 0 Å². The van der Waals surface area contributed by atoms with Gasteiger partial charge in [0.25, 0.3) is 0 Å². The summed E-state index contributed by atoms with van der Waals surface area (Å²) < 4.78 is 1.49. The monoisotopic (exact) mass is 258 g/mol. The minimum Gasteiger partial charge on any atom is -0.259 e. The number of hydrogen-bond acceptors (Lipinski definition) is 5. The van der Waals surface area contributed by atoms with E-state index in [-0.39, 0.29) is 0 Å². The van der Waals surface area contributed by atoms with Crippen LogP contribution in [0.2, 0.25) is 5.02 Å². The molecule has 0 saturated heterocycles. The minimum absolute atomic E-state index is 0.529. The van der Waals surface area contributed by atoms with Gasteiger partial charge in [-0.2, -0.15) is 4.68 Å². The van der Waals surface area contributed by atoms with E-state index in [9.17, 15) is 0 Å². The van der Waals surface area contributed by atoms with Crippen LogP contribution in [0.15, 0.2) is 42.9 Å². The van der Waals surface area contributed by atoms with Gasteiger partial charge < -0.3 is 0 Å². The lowest BCUT2D eigenvalue weighted by Crippen LogP contribution is -2.02. The lowest BCUT2D eigenvalue weighted by atomic mass is 10.2. The number of hydrogen-bond donors (Lipinski definition) is 0. The normalized spacial score (nSPS) is 10.5. The number of benzene rings is 1. The summed E-state index contributed by atoms with van der Waals surface area (Å²) in [5.41, 5.74) is 0.745. The van der Waals surface area contributed by atoms with Gasteiger partial charge in [0.05, 0.1) is 11.2 Å². The molecule has 18 heavy (non-hydrogen) atoms. The van der Waals surface area contributed by atoms with Gasteiger partial charge in [-0.05, 0) is 22.6 Å². The zero-order valence-corrected chi connectivity index (χ0v) is 9.86. The predicted molar refractivity (Wildman–Crippen MR) is 65.2 cm³/mol. The van der Waals surface area contributed by atoms with Gasteiger partial charge in [0, 0.05) is 18.0 Å². The van der Waals surface area contributed by atoms with Gasteiger partial charge in [-0.1, -0.05) is 23.7 Å². The molecule has 3 aromatic rings. The Morgan fingerprint density at radius 3 is 2.78 bits per heavy atom. The fraction of sp³-hybridized carbons (Fsp3) is 0. The van der Waals surface area contributed by atoms with Gasteiger partial charge in [-0.25, -0.2) is 4.98 Å². The third kappa shape index (κ3) is 1.82. The number of tetrazole rings is 1. The van der Waals surface area contributed by atoms with Crippen LogP contribution in [0.25, 0.3) is 17.2 Å². The van der Waals surface area contributed by atoms with Crippen LogP contribution in [0.1, 0.15) is 0 Å². The van der Waals surface area contributed by atoms with E-state index in [1.54, 1.807) is 24.7 Å². The number of nitrogens with zero attached hydrogens (tertiary/aromatic N) is 6. The average Bonchev–Trinajstić information content (AvgIpc) is 2.89. The number of halogens is 1. The van der Waals surface area contributed by atoms with Crippen LogP contribution in [-0.4, -0.2) is 30.2 Å². The second-order valence-corrected chi connectivity index (χ2v) is 3.86. The molecule has 7 heteroatoms. The average molecular weight is 259 g/mol. The van der Waals surface area contributed by atoms with Crippen LogP contribution in [0.4, 0.5) is 0 Å². The van der Waals surface area contributed by atoms with Crippen molar-refractivity contribution in [1.82, 2.24) is 30.2 Å². The van der Waals surface area contributed by atoms with Crippen LogP contribution >= 0.6 is 11.6 Å². The summed E-state index contributed by atoms with van der Waals surface area (Å²) >= 11 is 6.13. The molecule has 0 saturated carbocycles. The first-order chi connectivity index (χ1) is 8.86. The highest BCUT2D eigenvalue weighted by Crippen LogP contribution is 2.25. The van der Waals surface area contributed by atoms with Gasteiger partial charge in [0.2, 0.25) is 0 Å². The van der Waals surface area contributed by atoms with Gasteiger partial charge in [-0.15, -0.1) is 5.10 Å². The molecule has 3 rings (SSSR count). The lowest BCUT2D eigenvalue weighted by Gasteiger charge is -2.04. The fourth-order valence-electron chi connectivity index (χ4n) is 1.55. The molecule has 88 valence electrons. The summed E-state index contributed by atoms with van der Waals surface area (Å²) in [5.74, 6) is 1.07. The van der Waals surface area contributed by atoms with Gasteiger partial charge in [0.1, 0.15) is 0 Å². The molecular formula is C11H7ClN6. The quantitative estimate of drug-likeness (QED) is 0.701. The topological polar surface area (TPSA) is 69.4 Å². The van der Waals surface area contributed by atoms with Crippen molar-refractivity contribution >= 4 is 11.6 Å². The molecule has 0 amide bonds. The minimum atomic E-state index is 0.529. The Kier molecular flexibility index (Phi) is 2.70. The van der Waals surface area contributed by atoms with E-state index in [0.717, 1.165) is 5.56 Å². The molecule has 1 aromatic carbocycles. The van der Waals surface area contributed by atoms with Crippen LogP contribution in [0, 0.1) is 0 Å². The molecule has 0 aliphatic heterocycles. The van der Waals surface area contributed by atoms with E-state index in [4.69, 9.17) is 11.6 Å². The van der Waals surface area contributed by atoms with Gasteiger partial charge >= 0.3 is 0 Å². The maximum Gasteiger partial charge on any atom is 0.190 e. The molecule has 0 fully saturated rings. The zero-order valence-electron chi connectivity index (χ0n) is 9.10. The second-order valence-electron chi connectivity index (χ2n) is 3.46. The molecular weight excluding hydrogens is 252 g/mol. The van der Waals surface area contributed by atoms with Crippen molar-refractivity contribution in [2.45, 2.75) is 0 Å². The highest BCUT2D eigenvalue weighted by Gasteiger charge is 2.13. The maximum absolute atomic E-state index is 6.13. The van der Waals surface area contributed by atoms with Gasteiger partial charge in [-0.3, -0.25) is 4.98 Å².